The fraction of sp³-hybridized carbons (Fsp3) is 0.263. The second-order valence-electron chi connectivity index (χ2n) is 6.16. The molecule has 0 aliphatic rings. The topological polar surface area (TPSA) is 76.9 Å². The van der Waals surface area contributed by atoms with Crippen molar-refractivity contribution in [1.82, 2.24) is 19.5 Å². The van der Waals surface area contributed by atoms with Crippen LogP contribution < -0.4 is 4.72 Å². The summed E-state index contributed by atoms with van der Waals surface area (Å²) in [5.41, 5.74) is 1.19. The van der Waals surface area contributed by atoms with Gasteiger partial charge in [-0.3, -0.25) is 0 Å². The van der Waals surface area contributed by atoms with Crippen molar-refractivity contribution in [3.63, 3.8) is 0 Å². The molecule has 3 rings (SSSR count). The average Bonchev–Trinajstić information content (AvgIpc) is 3.10. The van der Waals surface area contributed by atoms with Gasteiger partial charge in [-0.05, 0) is 43.7 Å². The molecule has 0 amide bonds. The quantitative estimate of drug-likeness (QED) is 0.533. The van der Waals surface area contributed by atoms with Gasteiger partial charge < -0.3 is 4.57 Å². The maximum atomic E-state index is 12.6. The molecule has 0 unspecified atom stereocenters. The molecule has 1 N–H and O–H groups in total. The van der Waals surface area contributed by atoms with Crippen molar-refractivity contribution in [3.8, 4) is 0 Å². The van der Waals surface area contributed by atoms with Crippen molar-refractivity contribution >= 4 is 33.4 Å². The van der Waals surface area contributed by atoms with Gasteiger partial charge in [-0.25, -0.2) is 13.1 Å². The summed E-state index contributed by atoms with van der Waals surface area (Å²) in [7, 11) is -3.69. The Morgan fingerprint density at radius 2 is 1.79 bits per heavy atom. The molecular weight excluding hydrogens is 416 g/mol. The summed E-state index contributed by atoms with van der Waals surface area (Å²) in [6.07, 6.45) is 0. The largest absolute Gasteiger partial charge is 0.305 e. The molecule has 1 atom stereocenters. The Kier molecular flexibility index (Phi) is 6.77. The van der Waals surface area contributed by atoms with E-state index in [1.54, 1.807) is 30.8 Å². The van der Waals surface area contributed by atoms with Crippen LogP contribution in [0.2, 0.25) is 5.02 Å². The molecule has 0 aliphatic heterocycles. The molecule has 6 nitrogen and oxygen atoms in total. The van der Waals surface area contributed by atoms with Gasteiger partial charge in [0.2, 0.25) is 10.0 Å². The molecule has 28 heavy (non-hydrogen) atoms. The number of nitrogens with one attached hydrogen (secondary N) is 1. The molecule has 0 saturated heterocycles. The second-order valence-corrected chi connectivity index (χ2v) is 9.25. The van der Waals surface area contributed by atoms with Gasteiger partial charge >= 0.3 is 0 Å². The van der Waals surface area contributed by atoms with Crippen LogP contribution in [0.5, 0.6) is 0 Å². The number of hydrogen-bond acceptors (Lipinski definition) is 5. The van der Waals surface area contributed by atoms with E-state index < -0.39 is 16.1 Å². The summed E-state index contributed by atoms with van der Waals surface area (Å²) in [6.45, 7) is 4.39. The number of rotatable bonds is 8. The van der Waals surface area contributed by atoms with E-state index in [1.807, 2.05) is 29.7 Å². The summed E-state index contributed by atoms with van der Waals surface area (Å²) in [4.78, 5) is 0.157. The number of benzene rings is 2. The fourth-order valence-electron chi connectivity index (χ4n) is 2.71. The standard InChI is InChI=1S/C19H21ClN4O2S2/c1-3-24-18(21-22-19(24)27-13-15-7-5-4-6-8-15)14(2)23-28(25,26)17-11-9-16(20)10-12-17/h4-12,14,23H,3,13H2,1-2H3/t14-/m1/s1. The first-order valence-corrected chi connectivity index (χ1v) is 11.6. The van der Waals surface area contributed by atoms with Gasteiger partial charge in [0.1, 0.15) is 0 Å². The minimum absolute atomic E-state index is 0.157. The van der Waals surface area contributed by atoms with Gasteiger partial charge in [0.15, 0.2) is 11.0 Å². The molecule has 1 aromatic heterocycles. The van der Waals surface area contributed by atoms with Crippen molar-refractivity contribution < 1.29 is 8.42 Å². The first-order valence-electron chi connectivity index (χ1n) is 8.78. The summed E-state index contributed by atoms with van der Waals surface area (Å²) in [6, 6.07) is 15.6. The van der Waals surface area contributed by atoms with E-state index in [2.05, 4.69) is 27.1 Å². The molecule has 2 aromatic carbocycles. The highest BCUT2D eigenvalue weighted by atomic mass is 35.5. The first kappa shape index (κ1) is 20.9. The zero-order valence-electron chi connectivity index (χ0n) is 15.5. The van der Waals surface area contributed by atoms with Crippen LogP contribution in [0.1, 0.15) is 31.3 Å². The van der Waals surface area contributed by atoms with Gasteiger partial charge in [-0.1, -0.05) is 53.7 Å². The Labute approximate surface area is 174 Å². The van der Waals surface area contributed by atoms with E-state index in [1.165, 1.54) is 17.7 Å². The highest BCUT2D eigenvalue weighted by Crippen LogP contribution is 2.25. The molecule has 0 saturated carbocycles. The van der Waals surface area contributed by atoms with Gasteiger partial charge in [-0.15, -0.1) is 10.2 Å². The van der Waals surface area contributed by atoms with Crippen molar-refractivity contribution in [2.75, 3.05) is 0 Å². The van der Waals surface area contributed by atoms with Crippen LogP contribution in [-0.4, -0.2) is 23.2 Å². The number of hydrogen-bond donors (Lipinski definition) is 1. The monoisotopic (exact) mass is 436 g/mol. The Morgan fingerprint density at radius 3 is 2.43 bits per heavy atom. The van der Waals surface area contributed by atoms with Gasteiger partial charge in [0.25, 0.3) is 0 Å². The zero-order chi connectivity index (χ0) is 20.1. The van der Waals surface area contributed by atoms with Crippen LogP contribution in [0.3, 0.4) is 0 Å². The highest BCUT2D eigenvalue weighted by molar-refractivity contribution is 7.98. The maximum Gasteiger partial charge on any atom is 0.241 e. The third-order valence-corrected chi connectivity index (χ3v) is 6.96. The van der Waals surface area contributed by atoms with Gasteiger partial charge in [0, 0.05) is 17.3 Å². The summed E-state index contributed by atoms with van der Waals surface area (Å²) in [5.74, 6) is 1.35. The first-order chi connectivity index (χ1) is 13.4. The third-order valence-electron chi connectivity index (χ3n) is 4.12. The number of nitrogens with zero attached hydrogens (tertiary/aromatic N) is 3. The van der Waals surface area contributed by atoms with Gasteiger partial charge in [0.05, 0.1) is 10.9 Å². The fourth-order valence-corrected chi connectivity index (χ4v) is 5.01. The number of aromatic nitrogens is 3. The summed E-state index contributed by atoms with van der Waals surface area (Å²) in [5, 5.41) is 9.74. The minimum atomic E-state index is -3.69. The predicted octanol–water partition coefficient (Wildman–Crippen LogP) is 4.28. The second kappa shape index (κ2) is 9.09. The molecule has 0 fully saturated rings. The lowest BCUT2D eigenvalue weighted by Gasteiger charge is -2.15. The van der Waals surface area contributed by atoms with Crippen molar-refractivity contribution in [2.45, 2.75) is 42.2 Å². The maximum absolute atomic E-state index is 12.6. The van der Waals surface area contributed by atoms with E-state index in [9.17, 15) is 8.42 Å². The van der Waals surface area contributed by atoms with Crippen LogP contribution >= 0.6 is 23.4 Å². The Hall–Kier alpha value is -1.87. The molecule has 3 aromatic rings. The SMILES string of the molecule is CCn1c(SCc2ccccc2)nnc1[C@@H](C)NS(=O)(=O)c1ccc(Cl)cc1. The van der Waals surface area contributed by atoms with E-state index in [4.69, 9.17) is 11.6 Å². The van der Waals surface area contributed by atoms with E-state index >= 15 is 0 Å². The highest BCUT2D eigenvalue weighted by Gasteiger charge is 2.23. The van der Waals surface area contributed by atoms with Crippen molar-refractivity contribution in [2.24, 2.45) is 0 Å². The van der Waals surface area contributed by atoms with E-state index in [-0.39, 0.29) is 4.90 Å². The zero-order valence-corrected chi connectivity index (χ0v) is 17.9. The number of thioether (sulfide) groups is 1. The Balaban J connectivity index is 1.75. The Bertz CT molecular complexity index is 1020. The lowest BCUT2D eigenvalue weighted by molar-refractivity contribution is 0.539. The molecule has 0 spiro atoms. The summed E-state index contributed by atoms with van der Waals surface area (Å²) >= 11 is 7.42. The number of sulfonamides is 1. The lowest BCUT2D eigenvalue weighted by Crippen LogP contribution is -2.29. The molecule has 1 heterocycles. The molecule has 148 valence electrons. The Morgan fingerprint density at radius 1 is 1.11 bits per heavy atom. The molecular formula is C19H21ClN4O2S2. The van der Waals surface area contributed by atoms with Crippen LogP contribution in [-0.2, 0) is 22.3 Å². The lowest BCUT2D eigenvalue weighted by atomic mass is 10.2. The normalized spacial score (nSPS) is 12.8. The van der Waals surface area contributed by atoms with Gasteiger partial charge in [-0.2, -0.15) is 0 Å². The minimum Gasteiger partial charge on any atom is -0.305 e. The average molecular weight is 437 g/mol. The molecule has 9 heteroatoms. The van der Waals surface area contributed by atoms with Crippen LogP contribution in [0.4, 0.5) is 0 Å². The molecule has 0 radical (unpaired) electrons. The van der Waals surface area contributed by atoms with Crippen LogP contribution in [0.15, 0.2) is 64.6 Å². The van der Waals surface area contributed by atoms with Crippen molar-refractivity contribution in [3.05, 3.63) is 71.0 Å². The molecule has 0 aliphatic carbocycles. The van der Waals surface area contributed by atoms with E-state index in [0.717, 1.165) is 10.9 Å². The molecule has 0 bridgehead atoms. The predicted molar refractivity (Wildman–Crippen MR) is 112 cm³/mol. The van der Waals surface area contributed by atoms with Crippen LogP contribution in [0, 0.1) is 0 Å². The van der Waals surface area contributed by atoms with Crippen molar-refractivity contribution in [1.29, 1.82) is 0 Å². The van der Waals surface area contributed by atoms with Crippen LogP contribution in [0.25, 0.3) is 0 Å². The van der Waals surface area contributed by atoms with E-state index in [0.29, 0.717) is 17.4 Å². The number of halogens is 1. The third kappa shape index (κ3) is 4.94. The summed E-state index contributed by atoms with van der Waals surface area (Å²) < 4.78 is 29.9. The smallest absolute Gasteiger partial charge is 0.241 e.